The molecule has 1 heterocycles. The molecule has 0 spiro atoms. The van der Waals surface area contributed by atoms with Crippen LogP contribution >= 0.6 is 11.3 Å². The third-order valence-electron chi connectivity index (χ3n) is 2.72. The van der Waals surface area contributed by atoms with Crippen LogP contribution in [0.5, 0.6) is 0 Å². The van der Waals surface area contributed by atoms with Gasteiger partial charge in [0, 0.05) is 22.3 Å². The molecule has 0 saturated carbocycles. The van der Waals surface area contributed by atoms with Gasteiger partial charge in [0.15, 0.2) is 0 Å². The molecule has 6 heteroatoms. The van der Waals surface area contributed by atoms with Crippen molar-refractivity contribution in [2.45, 2.75) is 51.1 Å². The molecule has 1 aromatic heterocycles. The third kappa shape index (κ3) is 3.51. The molecule has 98 valence electrons. The van der Waals surface area contributed by atoms with Crippen molar-refractivity contribution in [1.82, 2.24) is 4.72 Å². The summed E-state index contributed by atoms with van der Waals surface area (Å²) in [5, 5.41) is 0. The molecule has 4 nitrogen and oxygen atoms in total. The van der Waals surface area contributed by atoms with Crippen LogP contribution in [0.3, 0.4) is 0 Å². The normalized spacial score (nSPS) is 12.3. The number of rotatable bonds is 6. The minimum Gasteiger partial charge on any atom is -0.326 e. The first-order valence-electron chi connectivity index (χ1n) is 5.76. The number of sulfonamides is 1. The molecule has 0 aliphatic rings. The van der Waals surface area contributed by atoms with Crippen LogP contribution in [0.2, 0.25) is 0 Å². The van der Waals surface area contributed by atoms with Crippen LogP contribution in [0.25, 0.3) is 0 Å². The van der Waals surface area contributed by atoms with Gasteiger partial charge in [-0.2, -0.15) is 0 Å². The van der Waals surface area contributed by atoms with E-state index in [1.54, 1.807) is 6.07 Å². The van der Waals surface area contributed by atoms with Gasteiger partial charge in [-0.25, -0.2) is 13.1 Å². The van der Waals surface area contributed by atoms with Gasteiger partial charge in [-0.15, -0.1) is 11.3 Å². The molecule has 3 N–H and O–H groups in total. The summed E-state index contributed by atoms with van der Waals surface area (Å²) in [5.74, 6) is 0. The second-order valence-corrected chi connectivity index (χ2v) is 7.00. The van der Waals surface area contributed by atoms with Gasteiger partial charge in [0.2, 0.25) is 10.0 Å². The fraction of sp³-hybridized carbons (Fsp3) is 0.636. The lowest BCUT2D eigenvalue weighted by molar-refractivity contribution is 0.530. The summed E-state index contributed by atoms with van der Waals surface area (Å²) >= 11 is 1.44. The van der Waals surface area contributed by atoms with E-state index in [1.807, 2.05) is 20.8 Å². The van der Waals surface area contributed by atoms with Gasteiger partial charge < -0.3 is 5.73 Å². The molecule has 0 unspecified atom stereocenters. The first-order chi connectivity index (χ1) is 7.94. The third-order valence-corrected chi connectivity index (χ3v) is 5.57. The van der Waals surface area contributed by atoms with Gasteiger partial charge >= 0.3 is 0 Å². The summed E-state index contributed by atoms with van der Waals surface area (Å²) < 4.78 is 27.1. The standard InChI is InChI=1S/C11H20N2O2S2/c1-4-9(5-2)13-17(14,15)11-6-10(7-12)16-8(11)3/h6,9,13H,4-5,7,12H2,1-3H3. The molecule has 0 radical (unpaired) electrons. The van der Waals surface area contributed by atoms with Gasteiger partial charge in [-0.1, -0.05) is 13.8 Å². The number of aryl methyl sites for hydroxylation is 1. The molecule has 17 heavy (non-hydrogen) atoms. The van der Waals surface area contributed by atoms with E-state index in [1.165, 1.54) is 11.3 Å². The molecule has 0 fully saturated rings. The van der Waals surface area contributed by atoms with Crippen LogP contribution in [0.4, 0.5) is 0 Å². The second-order valence-electron chi connectivity index (χ2n) is 3.97. The number of hydrogen-bond donors (Lipinski definition) is 2. The first kappa shape index (κ1) is 14.6. The van der Waals surface area contributed by atoms with E-state index >= 15 is 0 Å². The maximum Gasteiger partial charge on any atom is 0.241 e. The summed E-state index contributed by atoms with van der Waals surface area (Å²) in [5.41, 5.74) is 5.52. The maximum atomic E-state index is 12.2. The minimum atomic E-state index is -3.40. The lowest BCUT2D eigenvalue weighted by Crippen LogP contribution is -2.33. The van der Waals surface area contributed by atoms with Gasteiger partial charge in [0.1, 0.15) is 0 Å². The molecule has 0 aliphatic heterocycles. The summed E-state index contributed by atoms with van der Waals surface area (Å²) in [6, 6.07) is 1.67. The van der Waals surface area contributed by atoms with E-state index in [4.69, 9.17) is 5.73 Å². The van der Waals surface area contributed by atoms with Crippen molar-refractivity contribution in [3.63, 3.8) is 0 Å². The van der Waals surface area contributed by atoms with E-state index in [0.717, 1.165) is 22.6 Å². The van der Waals surface area contributed by atoms with Crippen molar-refractivity contribution in [2.24, 2.45) is 5.73 Å². The Labute approximate surface area is 107 Å². The number of nitrogens with two attached hydrogens (primary N) is 1. The van der Waals surface area contributed by atoms with Crippen LogP contribution in [0.1, 0.15) is 36.4 Å². The van der Waals surface area contributed by atoms with Gasteiger partial charge in [0.25, 0.3) is 0 Å². The van der Waals surface area contributed by atoms with E-state index in [2.05, 4.69) is 4.72 Å². The topological polar surface area (TPSA) is 72.2 Å². The fourth-order valence-electron chi connectivity index (χ4n) is 1.63. The quantitative estimate of drug-likeness (QED) is 0.834. The van der Waals surface area contributed by atoms with Gasteiger partial charge in [-0.05, 0) is 25.8 Å². The smallest absolute Gasteiger partial charge is 0.241 e. The molecule has 1 rings (SSSR count). The van der Waals surface area contributed by atoms with E-state index in [-0.39, 0.29) is 6.04 Å². The average molecular weight is 276 g/mol. The Hall–Kier alpha value is -0.430. The highest BCUT2D eigenvalue weighted by Crippen LogP contribution is 2.25. The lowest BCUT2D eigenvalue weighted by Gasteiger charge is -2.14. The maximum absolute atomic E-state index is 12.2. The van der Waals surface area contributed by atoms with Crippen molar-refractivity contribution in [3.05, 3.63) is 15.8 Å². The zero-order valence-corrected chi connectivity index (χ0v) is 12.1. The molecule has 1 aromatic rings. The van der Waals surface area contributed by atoms with Crippen molar-refractivity contribution in [2.75, 3.05) is 0 Å². The average Bonchev–Trinajstić information content (AvgIpc) is 2.68. The Balaban J connectivity index is 3.00. The van der Waals surface area contributed by atoms with Crippen molar-refractivity contribution >= 4 is 21.4 Å². The molecule has 0 aliphatic carbocycles. The molecule has 0 saturated heterocycles. The van der Waals surface area contributed by atoms with Gasteiger partial charge in [-0.3, -0.25) is 0 Å². The monoisotopic (exact) mass is 276 g/mol. The van der Waals surface area contributed by atoms with Crippen LogP contribution in [-0.4, -0.2) is 14.5 Å². The molecular weight excluding hydrogens is 256 g/mol. The van der Waals surface area contributed by atoms with Crippen LogP contribution in [0.15, 0.2) is 11.0 Å². The Kier molecular flexibility index (Phi) is 5.12. The van der Waals surface area contributed by atoms with E-state index in [9.17, 15) is 8.42 Å². The van der Waals surface area contributed by atoms with Crippen LogP contribution in [0, 0.1) is 6.92 Å². The van der Waals surface area contributed by atoms with Crippen molar-refractivity contribution < 1.29 is 8.42 Å². The predicted octanol–water partition coefficient (Wildman–Crippen LogP) is 1.98. The molecule has 0 bridgehead atoms. The highest BCUT2D eigenvalue weighted by molar-refractivity contribution is 7.89. The molecule has 0 amide bonds. The number of nitrogens with one attached hydrogen (secondary N) is 1. The van der Waals surface area contributed by atoms with E-state index in [0.29, 0.717) is 11.4 Å². The zero-order chi connectivity index (χ0) is 13.1. The highest BCUT2D eigenvalue weighted by Gasteiger charge is 2.22. The predicted molar refractivity (Wildman–Crippen MR) is 71.6 cm³/mol. The Bertz CT molecular complexity index is 462. The second kappa shape index (κ2) is 5.95. The Morgan fingerprint density at radius 2 is 2.00 bits per heavy atom. The fourth-order valence-corrected chi connectivity index (χ4v) is 4.55. The molecule has 0 aromatic carbocycles. The summed E-state index contributed by atoms with van der Waals surface area (Å²) in [6.07, 6.45) is 1.59. The van der Waals surface area contributed by atoms with Crippen LogP contribution in [-0.2, 0) is 16.6 Å². The van der Waals surface area contributed by atoms with Crippen molar-refractivity contribution in [1.29, 1.82) is 0 Å². The summed E-state index contributed by atoms with van der Waals surface area (Å²) in [4.78, 5) is 2.06. The molecule has 0 atom stereocenters. The molecular formula is C11H20N2O2S2. The van der Waals surface area contributed by atoms with E-state index < -0.39 is 10.0 Å². The first-order valence-corrected chi connectivity index (χ1v) is 8.06. The zero-order valence-electron chi connectivity index (χ0n) is 10.5. The van der Waals surface area contributed by atoms with Gasteiger partial charge in [0.05, 0.1) is 4.90 Å². The summed E-state index contributed by atoms with van der Waals surface area (Å²) in [6.45, 7) is 6.14. The van der Waals surface area contributed by atoms with Crippen molar-refractivity contribution in [3.8, 4) is 0 Å². The van der Waals surface area contributed by atoms with Crippen LogP contribution < -0.4 is 10.5 Å². The minimum absolute atomic E-state index is 0.000580. The summed E-state index contributed by atoms with van der Waals surface area (Å²) in [7, 11) is -3.40. The number of hydrogen-bond acceptors (Lipinski definition) is 4. The lowest BCUT2D eigenvalue weighted by atomic mass is 10.2. The Morgan fingerprint density at radius 3 is 2.41 bits per heavy atom. The largest absolute Gasteiger partial charge is 0.326 e. The Morgan fingerprint density at radius 1 is 1.41 bits per heavy atom. The number of thiophene rings is 1. The SMILES string of the molecule is CCC(CC)NS(=O)(=O)c1cc(CN)sc1C. The highest BCUT2D eigenvalue weighted by atomic mass is 32.2.